The lowest BCUT2D eigenvalue weighted by Crippen LogP contribution is -2.51. The summed E-state index contributed by atoms with van der Waals surface area (Å²) in [6.45, 7) is 2.67. The summed E-state index contributed by atoms with van der Waals surface area (Å²) in [5, 5.41) is 14.8. The van der Waals surface area contributed by atoms with Gasteiger partial charge in [-0.1, -0.05) is 12.1 Å². The number of urea groups is 1. The maximum atomic E-state index is 12.5. The molecule has 3 rings (SSSR count). The number of morpholine rings is 1. The number of nitrogens with zero attached hydrogens (tertiary/aromatic N) is 5. The third-order valence-corrected chi connectivity index (χ3v) is 3.92. The monoisotopic (exact) mass is 345 g/mol. The normalized spacial score (nSPS) is 17.4. The lowest BCUT2D eigenvalue weighted by atomic mass is 10.1. The number of carbonyl (C=O) groups is 2. The fourth-order valence-corrected chi connectivity index (χ4v) is 2.50. The molecule has 132 valence electrons. The minimum absolute atomic E-state index is 0.131. The summed E-state index contributed by atoms with van der Waals surface area (Å²) in [7, 11) is 1.68. The number of benzene rings is 1. The zero-order chi connectivity index (χ0) is 18.0. The highest BCUT2D eigenvalue weighted by Gasteiger charge is 2.28. The summed E-state index contributed by atoms with van der Waals surface area (Å²) < 4.78 is 5.25. The van der Waals surface area contributed by atoms with E-state index >= 15 is 0 Å². The highest BCUT2D eigenvalue weighted by atomic mass is 16.5. The van der Waals surface area contributed by atoms with Gasteiger partial charge in [0.15, 0.2) is 6.10 Å². The van der Waals surface area contributed by atoms with Crippen LogP contribution in [0.3, 0.4) is 0 Å². The first kappa shape index (κ1) is 16.8. The molecule has 2 heterocycles. The summed E-state index contributed by atoms with van der Waals surface area (Å²) in [6, 6.07) is 5.20. The average molecular weight is 345 g/mol. The Balaban J connectivity index is 1.75. The van der Waals surface area contributed by atoms with Crippen molar-refractivity contribution in [3.05, 3.63) is 23.8 Å². The number of nitrogens with one attached hydrogen (secondary N) is 1. The lowest BCUT2D eigenvalue weighted by molar-refractivity contribution is -0.133. The van der Waals surface area contributed by atoms with Gasteiger partial charge >= 0.3 is 6.03 Å². The molecule has 1 fully saturated rings. The topological polar surface area (TPSA) is 128 Å². The Hall–Kier alpha value is -3.01. The predicted octanol–water partition coefficient (Wildman–Crippen LogP) is -0.0965. The van der Waals surface area contributed by atoms with Crippen molar-refractivity contribution in [2.24, 2.45) is 12.8 Å². The number of rotatable bonds is 3. The fraction of sp³-hybridized carbons (Fsp3) is 0.400. The van der Waals surface area contributed by atoms with Crippen LogP contribution in [-0.2, 0) is 16.6 Å². The van der Waals surface area contributed by atoms with Gasteiger partial charge in [0.2, 0.25) is 11.7 Å². The van der Waals surface area contributed by atoms with Crippen LogP contribution in [0, 0.1) is 6.92 Å². The number of tetrazole rings is 1. The molecule has 0 bridgehead atoms. The van der Waals surface area contributed by atoms with Gasteiger partial charge in [0.05, 0.1) is 20.2 Å². The molecule has 3 N–H and O–H groups in total. The number of ether oxygens (including phenoxy) is 1. The molecule has 0 spiro atoms. The molecule has 1 atom stereocenters. The van der Waals surface area contributed by atoms with E-state index in [1.165, 1.54) is 9.70 Å². The van der Waals surface area contributed by atoms with Crippen LogP contribution in [0.15, 0.2) is 18.2 Å². The zero-order valence-corrected chi connectivity index (χ0v) is 14.0. The van der Waals surface area contributed by atoms with E-state index in [4.69, 9.17) is 10.5 Å². The minimum atomic E-state index is -0.782. The van der Waals surface area contributed by atoms with Gasteiger partial charge in [-0.05, 0) is 23.8 Å². The van der Waals surface area contributed by atoms with Crippen LogP contribution in [0.5, 0.6) is 0 Å². The average Bonchev–Trinajstić information content (AvgIpc) is 3.03. The molecule has 25 heavy (non-hydrogen) atoms. The van der Waals surface area contributed by atoms with Crippen molar-refractivity contribution >= 4 is 17.6 Å². The van der Waals surface area contributed by atoms with Crippen molar-refractivity contribution in [1.82, 2.24) is 25.1 Å². The van der Waals surface area contributed by atoms with Crippen molar-refractivity contribution in [2.45, 2.75) is 13.0 Å². The van der Waals surface area contributed by atoms with Crippen molar-refractivity contribution in [2.75, 3.05) is 25.0 Å². The first-order chi connectivity index (χ1) is 11.9. The van der Waals surface area contributed by atoms with Crippen LogP contribution >= 0.6 is 0 Å². The fourth-order valence-electron chi connectivity index (χ4n) is 2.50. The number of aromatic nitrogens is 4. The molecule has 1 aromatic carbocycles. The molecule has 1 aromatic heterocycles. The highest BCUT2D eigenvalue weighted by Crippen LogP contribution is 2.23. The number of amides is 3. The molecule has 3 amide bonds. The smallest absolute Gasteiger partial charge is 0.322 e. The molecule has 1 saturated heterocycles. The standard InChI is InChI=1S/C15H19N7O3/c1-9-3-4-10(14-18-20-21(2)19-14)7-11(9)17-15(24)22-5-6-25-12(8-22)13(16)23/h3-4,7,12H,5-6,8H2,1-2H3,(H2,16,23)(H,17,24)/t12-/m0/s1. The summed E-state index contributed by atoms with van der Waals surface area (Å²) in [5.41, 5.74) is 7.52. The third-order valence-electron chi connectivity index (χ3n) is 3.92. The second-order valence-corrected chi connectivity index (χ2v) is 5.77. The molecule has 0 saturated carbocycles. The molecule has 10 nitrogen and oxygen atoms in total. The van der Waals surface area contributed by atoms with Crippen molar-refractivity contribution in [1.29, 1.82) is 0 Å². The number of carbonyl (C=O) groups excluding carboxylic acids is 2. The number of aryl methyl sites for hydroxylation is 2. The lowest BCUT2D eigenvalue weighted by Gasteiger charge is -2.31. The minimum Gasteiger partial charge on any atom is -0.367 e. The van der Waals surface area contributed by atoms with E-state index in [1.807, 2.05) is 19.1 Å². The van der Waals surface area contributed by atoms with Crippen LogP contribution in [0.1, 0.15) is 5.56 Å². The van der Waals surface area contributed by atoms with E-state index < -0.39 is 12.0 Å². The van der Waals surface area contributed by atoms with E-state index in [9.17, 15) is 9.59 Å². The zero-order valence-electron chi connectivity index (χ0n) is 14.0. The van der Waals surface area contributed by atoms with Gasteiger partial charge in [0.1, 0.15) is 0 Å². The van der Waals surface area contributed by atoms with Crippen molar-refractivity contribution in [3.63, 3.8) is 0 Å². The maximum absolute atomic E-state index is 12.5. The van der Waals surface area contributed by atoms with E-state index in [2.05, 4.69) is 20.7 Å². The van der Waals surface area contributed by atoms with E-state index in [0.29, 0.717) is 18.1 Å². The van der Waals surface area contributed by atoms with Gasteiger partial charge in [0.25, 0.3) is 0 Å². The van der Waals surface area contributed by atoms with Crippen LogP contribution in [0.2, 0.25) is 0 Å². The second-order valence-electron chi connectivity index (χ2n) is 5.77. The maximum Gasteiger partial charge on any atom is 0.322 e. The highest BCUT2D eigenvalue weighted by molar-refractivity contribution is 5.91. The number of hydrogen-bond acceptors (Lipinski definition) is 6. The molecule has 1 aliphatic rings. The Morgan fingerprint density at radius 2 is 2.20 bits per heavy atom. The molecule has 1 aliphatic heterocycles. The molecular formula is C15H19N7O3. The summed E-state index contributed by atoms with van der Waals surface area (Å²) in [4.78, 5) is 26.6. The molecule has 0 aliphatic carbocycles. The Morgan fingerprint density at radius 3 is 2.88 bits per heavy atom. The van der Waals surface area contributed by atoms with Crippen LogP contribution in [0.4, 0.5) is 10.5 Å². The van der Waals surface area contributed by atoms with E-state index in [-0.39, 0.29) is 19.2 Å². The number of anilines is 1. The first-order valence-corrected chi connectivity index (χ1v) is 7.76. The second kappa shape index (κ2) is 6.85. The van der Waals surface area contributed by atoms with Crippen molar-refractivity contribution < 1.29 is 14.3 Å². The predicted molar refractivity (Wildman–Crippen MR) is 88.5 cm³/mol. The van der Waals surface area contributed by atoms with Crippen LogP contribution < -0.4 is 11.1 Å². The first-order valence-electron chi connectivity index (χ1n) is 7.76. The number of nitrogens with two attached hydrogens (primary N) is 1. The Bertz CT molecular complexity index is 804. The van der Waals surface area contributed by atoms with Gasteiger partial charge in [-0.15, -0.1) is 10.2 Å². The summed E-state index contributed by atoms with van der Waals surface area (Å²) in [5.74, 6) is -0.109. The largest absolute Gasteiger partial charge is 0.367 e. The molecule has 10 heteroatoms. The molecule has 2 aromatic rings. The summed E-state index contributed by atoms with van der Waals surface area (Å²) in [6.07, 6.45) is -0.782. The van der Waals surface area contributed by atoms with Gasteiger partial charge < -0.3 is 20.7 Å². The Labute approximate surface area is 143 Å². The van der Waals surface area contributed by atoms with Gasteiger partial charge in [0, 0.05) is 17.8 Å². The Morgan fingerprint density at radius 1 is 1.40 bits per heavy atom. The summed E-state index contributed by atoms with van der Waals surface area (Å²) >= 11 is 0. The third kappa shape index (κ3) is 3.74. The molecular weight excluding hydrogens is 326 g/mol. The van der Waals surface area contributed by atoms with Gasteiger partial charge in [-0.25, -0.2) is 4.79 Å². The van der Waals surface area contributed by atoms with Gasteiger partial charge in [-0.2, -0.15) is 4.80 Å². The molecule has 0 radical (unpaired) electrons. The molecule has 0 unspecified atom stereocenters. The number of hydrogen-bond donors (Lipinski definition) is 2. The van der Waals surface area contributed by atoms with Crippen LogP contribution in [-0.4, -0.2) is 62.8 Å². The quantitative estimate of drug-likeness (QED) is 0.799. The van der Waals surface area contributed by atoms with Gasteiger partial charge in [-0.3, -0.25) is 4.79 Å². The van der Waals surface area contributed by atoms with Crippen molar-refractivity contribution in [3.8, 4) is 11.4 Å². The Kier molecular flexibility index (Phi) is 4.61. The van der Waals surface area contributed by atoms with Crippen LogP contribution in [0.25, 0.3) is 11.4 Å². The van der Waals surface area contributed by atoms with E-state index in [0.717, 1.165) is 11.1 Å². The number of primary amides is 1. The SMILES string of the molecule is Cc1ccc(-c2nnn(C)n2)cc1NC(=O)N1CCO[C@H](C(N)=O)C1. The van der Waals surface area contributed by atoms with E-state index in [1.54, 1.807) is 13.1 Å².